The molecular formula is C22H22FN3O4. The quantitative estimate of drug-likeness (QED) is 0.670. The molecule has 0 aliphatic carbocycles. The van der Waals surface area contributed by atoms with Crippen LogP contribution in [0.4, 0.5) is 4.39 Å². The largest absolute Gasteiger partial charge is 0.481 e. The zero-order valence-electron chi connectivity index (χ0n) is 16.4. The first-order valence-corrected chi connectivity index (χ1v) is 9.67. The normalized spacial score (nSPS) is 20.0. The third-order valence-corrected chi connectivity index (χ3v) is 5.16. The Morgan fingerprint density at radius 2 is 2.17 bits per heavy atom. The van der Waals surface area contributed by atoms with Crippen molar-refractivity contribution in [3.8, 4) is 5.88 Å². The molecule has 1 unspecified atom stereocenters. The minimum absolute atomic E-state index is 0.0894. The number of carbonyl (C=O) groups is 1. The summed E-state index contributed by atoms with van der Waals surface area (Å²) >= 11 is 0. The fraction of sp³-hybridized carbons (Fsp3) is 0.318. The SMILES string of the molecule is COc1ccc(C(F)c2cc(C(=O)N[C@H]3CCOC[C@@H]3O)nc3ccccc23)cn1. The molecule has 1 aliphatic rings. The average molecular weight is 411 g/mol. The molecule has 2 N–H and O–H groups in total. The lowest BCUT2D eigenvalue weighted by molar-refractivity contribution is -0.0261. The number of aromatic nitrogens is 2. The van der Waals surface area contributed by atoms with Crippen LogP contribution in [0.1, 0.15) is 34.2 Å². The van der Waals surface area contributed by atoms with E-state index in [0.29, 0.717) is 40.9 Å². The molecular weight excluding hydrogens is 389 g/mol. The van der Waals surface area contributed by atoms with Crippen LogP contribution in [0.3, 0.4) is 0 Å². The van der Waals surface area contributed by atoms with E-state index in [1.807, 2.05) is 0 Å². The number of carbonyl (C=O) groups excluding carboxylic acids is 1. The van der Waals surface area contributed by atoms with Crippen molar-refractivity contribution in [2.75, 3.05) is 20.3 Å². The lowest BCUT2D eigenvalue weighted by Gasteiger charge is -2.28. The number of amides is 1. The molecule has 0 radical (unpaired) electrons. The molecule has 8 heteroatoms. The Morgan fingerprint density at radius 1 is 1.33 bits per heavy atom. The first-order chi connectivity index (χ1) is 14.6. The van der Waals surface area contributed by atoms with Crippen LogP contribution in [-0.4, -0.2) is 53.5 Å². The molecule has 1 saturated heterocycles. The van der Waals surface area contributed by atoms with Crippen molar-refractivity contribution >= 4 is 16.8 Å². The number of para-hydroxylation sites is 1. The number of aliphatic hydroxyl groups excluding tert-OH is 1. The third kappa shape index (κ3) is 4.10. The zero-order valence-corrected chi connectivity index (χ0v) is 16.4. The molecule has 1 fully saturated rings. The molecule has 3 aromatic rings. The summed E-state index contributed by atoms with van der Waals surface area (Å²) in [6, 6.07) is 11.3. The van der Waals surface area contributed by atoms with E-state index < -0.39 is 24.2 Å². The highest BCUT2D eigenvalue weighted by molar-refractivity contribution is 5.96. The summed E-state index contributed by atoms with van der Waals surface area (Å²) in [6.07, 6.45) is -0.383. The predicted octanol–water partition coefficient (Wildman–Crippen LogP) is 2.58. The van der Waals surface area contributed by atoms with Gasteiger partial charge >= 0.3 is 0 Å². The van der Waals surface area contributed by atoms with Gasteiger partial charge in [-0.1, -0.05) is 18.2 Å². The smallest absolute Gasteiger partial charge is 0.270 e. The number of methoxy groups -OCH3 is 1. The number of rotatable bonds is 5. The number of halogens is 1. The van der Waals surface area contributed by atoms with Crippen molar-refractivity contribution in [1.29, 1.82) is 0 Å². The van der Waals surface area contributed by atoms with E-state index in [0.717, 1.165) is 0 Å². The summed E-state index contributed by atoms with van der Waals surface area (Å²) in [6.45, 7) is 0.619. The molecule has 4 rings (SSSR count). The highest BCUT2D eigenvalue weighted by Crippen LogP contribution is 2.32. The summed E-state index contributed by atoms with van der Waals surface area (Å²) in [5.74, 6) is -0.0753. The topological polar surface area (TPSA) is 93.6 Å². The summed E-state index contributed by atoms with van der Waals surface area (Å²) in [4.78, 5) is 21.3. The van der Waals surface area contributed by atoms with Crippen LogP contribution in [0.25, 0.3) is 10.9 Å². The maximum absolute atomic E-state index is 15.5. The van der Waals surface area contributed by atoms with Crippen LogP contribution in [0.15, 0.2) is 48.7 Å². The highest BCUT2D eigenvalue weighted by atomic mass is 19.1. The summed E-state index contributed by atoms with van der Waals surface area (Å²) in [5.41, 5.74) is 1.27. The molecule has 1 aliphatic heterocycles. The number of benzene rings is 1. The maximum Gasteiger partial charge on any atom is 0.270 e. The van der Waals surface area contributed by atoms with Gasteiger partial charge in [0.15, 0.2) is 6.17 Å². The molecule has 0 bridgehead atoms. The van der Waals surface area contributed by atoms with Crippen LogP contribution < -0.4 is 10.1 Å². The van der Waals surface area contributed by atoms with E-state index in [-0.39, 0.29) is 12.3 Å². The van der Waals surface area contributed by atoms with Gasteiger partial charge in [0.1, 0.15) is 5.69 Å². The monoisotopic (exact) mass is 411 g/mol. The lowest BCUT2D eigenvalue weighted by atomic mass is 9.99. The van der Waals surface area contributed by atoms with Gasteiger partial charge < -0.3 is 19.9 Å². The second-order valence-electron chi connectivity index (χ2n) is 7.12. The minimum atomic E-state index is -1.50. The van der Waals surface area contributed by atoms with Gasteiger partial charge in [-0.05, 0) is 24.6 Å². The number of hydrogen-bond donors (Lipinski definition) is 2. The highest BCUT2D eigenvalue weighted by Gasteiger charge is 2.27. The van der Waals surface area contributed by atoms with Crippen LogP contribution in [0.2, 0.25) is 0 Å². The van der Waals surface area contributed by atoms with E-state index in [1.54, 1.807) is 36.4 Å². The first kappa shape index (κ1) is 20.2. The molecule has 3 atom stereocenters. The number of hydrogen-bond acceptors (Lipinski definition) is 6. The maximum atomic E-state index is 15.5. The van der Waals surface area contributed by atoms with Crippen molar-refractivity contribution in [3.63, 3.8) is 0 Å². The first-order valence-electron chi connectivity index (χ1n) is 9.67. The van der Waals surface area contributed by atoms with Gasteiger partial charge in [0.25, 0.3) is 5.91 Å². The van der Waals surface area contributed by atoms with Crippen molar-refractivity contribution in [3.05, 3.63) is 65.5 Å². The predicted molar refractivity (Wildman–Crippen MR) is 108 cm³/mol. The molecule has 3 heterocycles. The number of nitrogens with zero attached hydrogens (tertiary/aromatic N) is 2. The molecule has 2 aromatic heterocycles. The number of alkyl halides is 1. The molecule has 30 heavy (non-hydrogen) atoms. The molecule has 0 spiro atoms. The minimum Gasteiger partial charge on any atom is -0.481 e. The summed E-state index contributed by atoms with van der Waals surface area (Å²) in [7, 11) is 1.49. The Labute approximate surface area is 172 Å². The van der Waals surface area contributed by atoms with Gasteiger partial charge in [-0.15, -0.1) is 0 Å². The van der Waals surface area contributed by atoms with Gasteiger partial charge in [0, 0.05) is 35.4 Å². The van der Waals surface area contributed by atoms with Gasteiger partial charge in [0.2, 0.25) is 5.88 Å². The van der Waals surface area contributed by atoms with Gasteiger partial charge in [-0.25, -0.2) is 14.4 Å². The molecule has 156 valence electrons. The standard InChI is InChI=1S/C22H22FN3O4/c1-29-20-7-6-13(11-24-20)21(23)15-10-18(25-16-5-3-2-4-14(15)16)22(28)26-17-8-9-30-12-19(17)27/h2-7,10-11,17,19,21,27H,8-9,12H2,1H3,(H,26,28)/t17-,19-,21?/m0/s1. The molecule has 0 saturated carbocycles. The van der Waals surface area contributed by atoms with Gasteiger partial charge in [-0.3, -0.25) is 4.79 Å². The number of nitrogens with one attached hydrogen (secondary N) is 1. The van der Waals surface area contributed by atoms with Crippen molar-refractivity contribution in [2.45, 2.75) is 24.7 Å². The van der Waals surface area contributed by atoms with Gasteiger partial charge in [0.05, 0.1) is 31.4 Å². The molecule has 1 aromatic carbocycles. The Balaban J connectivity index is 1.69. The second-order valence-corrected chi connectivity index (χ2v) is 7.12. The number of fused-ring (bicyclic) bond motifs is 1. The Morgan fingerprint density at radius 3 is 2.90 bits per heavy atom. The summed E-state index contributed by atoms with van der Waals surface area (Å²) < 4.78 is 25.7. The van der Waals surface area contributed by atoms with Crippen molar-refractivity contribution in [1.82, 2.24) is 15.3 Å². The van der Waals surface area contributed by atoms with Crippen molar-refractivity contribution in [2.24, 2.45) is 0 Å². The fourth-order valence-electron chi connectivity index (χ4n) is 3.50. The van der Waals surface area contributed by atoms with Gasteiger partial charge in [-0.2, -0.15) is 0 Å². The number of pyridine rings is 2. The number of aliphatic hydroxyl groups is 1. The van der Waals surface area contributed by atoms with Crippen LogP contribution >= 0.6 is 0 Å². The Kier molecular flexibility index (Phi) is 5.87. The second kappa shape index (κ2) is 8.73. The Bertz CT molecular complexity index is 1040. The van der Waals surface area contributed by atoms with E-state index >= 15 is 4.39 Å². The third-order valence-electron chi connectivity index (χ3n) is 5.16. The van der Waals surface area contributed by atoms with E-state index in [4.69, 9.17) is 9.47 Å². The zero-order chi connectivity index (χ0) is 21.1. The van der Waals surface area contributed by atoms with E-state index in [1.165, 1.54) is 19.4 Å². The fourth-order valence-corrected chi connectivity index (χ4v) is 3.50. The van der Waals surface area contributed by atoms with E-state index in [9.17, 15) is 9.90 Å². The van der Waals surface area contributed by atoms with Crippen molar-refractivity contribution < 1.29 is 23.8 Å². The average Bonchev–Trinajstić information content (AvgIpc) is 2.79. The lowest BCUT2D eigenvalue weighted by Crippen LogP contribution is -2.48. The van der Waals surface area contributed by atoms with Crippen LogP contribution in [-0.2, 0) is 4.74 Å². The molecule has 7 nitrogen and oxygen atoms in total. The van der Waals surface area contributed by atoms with Crippen LogP contribution in [0, 0.1) is 0 Å². The Hall–Kier alpha value is -3.10. The number of ether oxygens (including phenoxy) is 2. The molecule has 1 amide bonds. The van der Waals surface area contributed by atoms with E-state index in [2.05, 4.69) is 15.3 Å². The van der Waals surface area contributed by atoms with Crippen LogP contribution in [0.5, 0.6) is 5.88 Å². The summed E-state index contributed by atoms with van der Waals surface area (Å²) in [5, 5.41) is 13.4.